The predicted molar refractivity (Wildman–Crippen MR) is 166 cm³/mol. The number of rotatable bonds is 17. The first-order valence-corrected chi connectivity index (χ1v) is 14.9. The van der Waals surface area contributed by atoms with E-state index in [1.165, 1.54) is 6.08 Å². The van der Waals surface area contributed by atoms with Gasteiger partial charge in [0.15, 0.2) is 0 Å². The maximum absolute atomic E-state index is 13.4. The Balaban J connectivity index is 1.63. The van der Waals surface area contributed by atoms with Gasteiger partial charge in [0.1, 0.15) is 19.3 Å². The summed E-state index contributed by atoms with van der Waals surface area (Å²) in [7, 11) is 0. The third-order valence-electron chi connectivity index (χ3n) is 7.44. The van der Waals surface area contributed by atoms with Gasteiger partial charge < -0.3 is 30.1 Å². The summed E-state index contributed by atoms with van der Waals surface area (Å²) in [5.74, 6) is -1.92. The summed E-state index contributed by atoms with van der Waals surface area (Å²) >= 11 is 0. The molecule has 3 amide bonds. The molecule has 1 fully saturated rings. The van der Waals surface area contributed by atoms with Gasteiger partial charge in [0.2, 0.25) is 11.8 Å². The Morgan fingerprint density at radius 2 is 1.59 bits per heavy atom. The van der Waals surface area contributed by atoms with Gasteiger partial charge >= 0.3 is 12.1 Å². The van der Waals surface area contributed by atoms with Gasteiger partial charge in [-0.25, -0.2) is 9.59 Å². The molecule has 0 aromatic heterocycles. The van der Waals surface area contributed by atoms with E-state index in [-0.39, 0.29) is 56.9 Å². The zero-order valence-corrected chi connectivity index (χ0v) is 25.1. The number of esters is 1. The van der Waals surface area contributed by atoms with Gasteiger partial charge in [-0.2, -0.15) is 0 Å². The standard InChI is InChI=1S/C34H43N3O7/c1-3-12-27(21-31(39)37-19-11-18-29(37)22-38)32(40)35-28(20-25-14-7-5-8-15-25)24-43-33(41)30(13-4-2)36-34(42)44-23-26-16-9-6-10-17-26/h3-10,14-17,27-30,38H,1-2,11-13,18-24H2,(H,35,40)(H,36,42)/t27-,28-,29+,30-/m1/s1. The number of carbonyl (C=O) groups is 4. The van der Waals surface area contributed by atoms with Crippen molar-refractivity contribution in [3.05, 3.63) is 97.1 Å². The second-order valence-corrected chi connectivity index (χ2v) is 10.8. The first-order valence-electron chi connectivity index (χ1n) is 14.9. The fourth-order valence-corrected chi connectivity index (χ4v) is 5.11. The summed E-state index contributed by atoms with van der Waals surface area (Å²) in [5.41, 5.74) is 1.72. The van der Waals surface area contributed by atoms with E-state index in [1.54, 1.807) is 11.0 Å². The molecule has 0 bridgehead atoms. The van der Waals surface area contributed by atoms with Crippen molar-refractivity contribution in [2.24, 2.45) is 5.92 Å². The average Bonchev–Trinajstić information content (AvgIpc) is 3.52. The second-order valence-electron chi connectivity index (χ2n) is 10.8. The van der Waals surface area contributed by atoms with Gasteiger partial charge in [0.25, 0.3) is 0 Å². The number of amides is 3. The monoisotopic (exact) mass is 605 g/mol. The van der Waals surface area contributed by atoms with Gasteiger partial charge in [-0.15, -0.1) is 13.2 Å². The lowest BCUT2D eigenvalue weighted by Crippen LogP contribution is -2.47. The topological polar surface area (TPSA) is 134 Å². The van der Waals surface area contributed by atoms with E-state index in [4.69, 9.17) is 9.47 Å². The highest BCUT2D eigenvalue weighted by atomic mass is 16.6. The molecule has 0 unspecified atom stereocenters. The Labute approximate surface area is 259 Å². The van der Waals surface area contributed by atoms with Crippen LogP contribution in [0.2, 0.25) is 0 Å². The van der Waals surface area contributed by atoms with E-state index in [0.29, 0.717) is 13.0 Å². The third-order valence-corrected chi connectivity index (χ3v) is 7.44. The molecule has 1 saturated heterocycles. The van der Waals surface area contributed by atoms with Crippen molar-refractivity contribution in [3.63, 3.8) is 0 Å². The van der Waals surface area contributed by atoms with Crippen LogP contribution in [-0.4, -0.2) is 71.8 Å². The lowest BCUT2D eigenvalue weighted by atomic mass is 9.98. The zero-order valence-electron chi connectivity index (χ0n) is 25.1. The number of hydrogen-bond acceptors (Lipinski definition) is 7. The summed E-state index contributed by atoms with van der Waals surface area (Å²) in [6, 6.07) is 16.7. The molecule has 2 aromatic carbocycles. The van der Waals surface area contributed by atoms with E-state index in [0.717, 1.165) is 24.0 Å². The molecule has 1 aliphatic rings. The number of benzene rings is 2. The van der Waals surface area contributed by atoms with E-state index in [1.807, 2.05) is 60.7 Å². The number of carbonyl (C=O) groups excluding carboxylic acids is 4. The lowest BCUT2D eigenvalue weighted by molar-refractivity contribution is -0.147. The number of likely N-dealkylation sites (tertiary alicyclic amines) is 1. The molecule has 0 saturated carbocycles. The molecule has 44 heavy (non-hydrogen) atoms. The Kier molecular flexibility index (Phi) is 14.1. The van der Waals surface area contributed by atoms with Gasteiger partial charge in [-0.1, -0.05) is 72.8 Å². The van der Waals surface area contributed by atoms with Gasteiger partial charge in [-0.3, -0.25) is 9.59 Å². The summed E-state index contributed by atoms with van der Waals surface area (Å²) in [4.78, 5) is 53.6. The number of aliphatic hydroxyl groups is 1. The number of allylic oxidation sites excluding steroid dienone is 1. The first kappa shape index (κ1) is 34.1. The molecule has 3 rings (SSSR count). The number of aliphatic hydroxyl groups excluding tert-OH is 1. The van der Waals surface area contributed by atoms with Crippen molar-refractivity contribution < 1.29 is 33.8 Å². The average molecular weight is 606 g/mol. The molecule has 0 spiro atoms. The molecule has 3 N–H and O–H groups in total. The van der Waals surface area contributed by atoms with Crippen LogP contribution in [0.15, 0.2) is 86.0 Å². The van der Waals surface area contributed by atoms with Crippen molar-refractivity contribution in [2.45, 2.75) is 63.3 Å². The van der Waals surface area contributed by atoms with Gasteiger partial charge in [0.05, 0.1) is 24.6 Å². The summed E-state index contributed by atoms with van der Waals surface area (Å²) in [6.07, 6.45) is 4.60. The number of nitrogens with one attached hydrogen (secondary N) is 2. The molecule has 10 heteroatoms. The molecule has 236 valence electrons. The first-order chi connectivity index (χ1) is 21.3. The Hall–Kier alpha value is -4.44. The van der Waals surface area contributed by atoms with Gasteiger partial charge in [-0.05, 0) is 43.2 Å². The lowest BCUT2D eigenvalue weighted by Gasteiger charge is -2.26. The predicted octanol–water partition coefficient (Wildman–Crippen LogP) is 3.69. The zero-order chi connectivity index (χ0) is 31.7. The van der Waals surface area contributed by atoms with Crippen molar-refractivity contribution >= 4 is 23.9 Å². The largest absolute Gasteiger partial charge is 0.462 e. The van der Waals surface area contributed by atoms with Crippen LogP contribution >= 0.6 is 0 Å². The highest BCUT2D eigenvalue weighted by Gasteiger charge is 2.32. The van der Waals surface area contributed by atoms with Crippen LogP contribution in [0.4, 0.5) is 4.79 Å². The molecule has 0 aliphatic carbocycles. The smallest absolute Gasteiger partial charge is 0.408 e. The number of hydrogen-bond donors (Lipinski definition) is 3. The SMILES string of the molecule is C=CC[C@H](CC(=O)N1CCC[C@H]1CO)C(=O)N[C@@H](COC(=O)[C@@H](CC=C)NC(=O)OCc1ccccc1)Cc1ccccc1. The van der Waals surface area contributed by atoms with Crippen LogP contribution in [0.1, 0.15) is 43.2 Å². The second kappa shape index (κ2) is 18.3. The normalized spacial score (nSPS) is 16.2. The van der Waals surface area contributed by atoms with Crippen LogP contribution in [0.25, 0.3) is 0 Å². The van der Waals surface area contributed by atoms with E-state index in [2.05, 4.69) is 23.8 Å². The minimum Gasteiger partial charge on any atom is -0.462 e. The molecule has 0 radical (unpaired) electrons. The molecule has 10 nitrogen and oxygen atoms in total. The quantitative estimate of drug-likeness (QED) is 0.185. The molecule has 1 aliphatic heterocycles. The molecule has 4 atom stereocenters. The highest BCUT2D eigenvalue weighted by molar-refractivity contribution is 5.86. The number of nitrogens with zero attached hydrogens (tertiary/aromatic N) is 1. The van der Waals surface area contributed by atoms with Crippen molar-refractivity contribution in [1.29, 1.82) is 0 Å². The van der Waals surface area contributed by atoms with Crippen LogP contribution in [0.5, 0.6) is 0 Å². The van der Waals surface area contributed by atoms with E-state index in [9.17, 15) is 24.3 Å². The third kappa shape index (κ3) is 11.0. The number of ether oxygens (including phenoxy) is 2. The fourth-order valence-electron chi connectivity index (χ4n) is 5.11. The van der Waals surface area contributed by atoms with Crippen molar-refractivity contribution in [2.75, 3.05) is 19.8 Å². The van der Waals surface area contributed by atoms with Crippen LogP contribution in [0.3, 0.4) is 0 Å². The van der Waals surface area contributed by atoms with E-state index >= 15 is 0 Å². The Morgan fingerprint density at radius 1 is 0.932 bits per heavy atom. The van der Waals surface area contributed by atoms with E-state index < -0.39 is 30.1 Å². The molecular weight excluding hydrogens is 562 g/mol. The van der Waals surface area contributed by atoms with Crippen LogP contribution in [0, 0.1) is 5.92 Å². The molecule has 2 aromatic rings. The van der Waals surface area contributed by atoms with Crippen molar-refractivity contribution in [3.8, 4) is 0 Å². The Morgan fingerprint density at radius 3 is 2.23 bits per heavy atom. The van der Waals surface area contributed by atoms with Crippen LogP contribution in [-0.2, 0) is 36.9 Å². The highest BCUT2D eigenvalue weighted by Crippen LogP contribution is 2.21. The Bertz CT molecular complexity index is 1240. The van der Waals surface area contributed by atoms with Gasteiger partial charge in [0, 0.05) is 13.0 Å². The summed E-state index contributed by atoms with van der Waals surface area (Å²) in [6.45, 7) is 7.73. The number of alkyl carbamates (subject to hydrolysis) is 1. The minimum absolute atomic E-state index is 0.0252. The fraction of sp³-hybridized carbons (Fsp3) is 0.412. The molecular formula is C34H43N3O7. The maximum Gasteiger partial charge on any atom is 0.408 e. The maximum atomic E-state index is 13.4. The molecule has 1 heterocycles. The van der Waals surface area contributed by atoms with Crippen molar-refractivity contribution in [1.82, 2.24) is 15.5 Å². The minimum atomic E-state index is -1.03. The van der Waals surface area contributed by atoms with Crippen LogP contribution < -0.4 is 10.6 Å². The summed E-state index contributed by atoms with van der Waals surface area (Å²) < 4.78 is 10.8. The summed E-state index contributed by atoms with van der Waals surface area (Å²) in [5, 5.41) is 15.1.